The van der Waals surface area contributed by atoms with Crippen LogP contribution in [0.4, 0.5) is 5.69 Å². The zero-order chi connectivity index (χ0) is 21.8. The van der Waals surface area contributed by atoms with Gasteiger partial charge in [-0.3, -0.25) is 9.59 Å². The molecule has 0 fully saturated rings. The van der Waals surface area contributed by atoms with Crippen LogP contribution < -0.4 is 16.0 Å². The Bertz CT molecular complexity index is 1070. The summed E-state index contributed by atoms with van der Waals surface area (Å²) < 4.78 is 0. The van der Waals surface area contributed by atoms with E-state index in [4.69, 9.17) is 0 Å². The Kier molecular flexibility index (Phi) is 6.14. The lowest BCUT2D eigenvalue weighted by atomic mass is 9.95. The first-order valence-electron chi connectivity index (χ1n) is 10.6. The van der Waals surface area contributed by atoms with Crippen molar-refractivity contribution in [2.24, 2.45) is 0 Å². The van der Waals surface area contributed by atoms with Gasteiger partial charge in [-0.15, -0.1) is 0 Å². The monoisotopic (exact) mass is 414 g/mol. The van der Waals surface area contributed by atoms with Crippen LogP contribution in [0, 0.1) is 13.8 Å². The summed E-state index contributed by atoms with van der Waals surface area (Å²) in [5, 5.41) is 8.03. The van der Waals surface area contributed by atoms with E-state index in [1.165, 1.54) is 11.1 Å². The molecule has 4 N–H and O–H groups in total. The number of hydrogen-bond donors (Lipinski definition) is 3. The minimum Gasteiger partial charge on any atom is -0.335 e. The Morgan fingerprint density at radius 1 is 0.903 bits per heavy atom. The Labute approximate surface area is 182 Å². The zero-order valence-corrected chi connectivity index (χ0v) is 17.9. The van der Waals surface area contributed by atoms with Crippen molar-refractivity contribution in [1.82, 2.24) is 5.32 Å². The molecule has 2 amide bonds. The van der Waals surface area contributed by atoms with Gasteiger partial charge in [-0.25, -0.2) is 0 Å². The van der Waals surface area contributed by atoms with Gasteiger partial charge in [0, 0.05) is 17.7 Å². The van der Waals surface area contributed by atoms with E-state index in [0.717, 1.165) is 28.9 Å². The first-order valence-corrected chi connectivity index (χ1v) is 10.6. The number of anilines is 1. The van der Waals surface area contributed by atoms with Crippen molar-refractivity contribution < 1.29 is 14.9 Å². The SMILES string of the molecule is Cc1cc(C)cc(NC(=O)[C@H](NC(=O)[C@@H]2Cc3ccccc3C[NH2+]2)c2ccccc2)c1. The second-order valence-electron chi connectivity index (χ2n) is 8.24. The van der Waals surface area contributed by atoms with Crippen LogP contribution in [0.5, 0.6) is 0 Å². The predicted octanol–water partition coefficient (Wildman–Crippen LogP) is 2.79. The Morgan fingerprint density at radius 2 is 1.55 bits per heavy atom. The number of fused-ring (bicyclic) bond motifs is 1. The molecular weight excluding hydrogens is 386 g/mol. The van der Waals surface area contributed by atoms with E-state index in [9.17, 15) is 9.59 Å². The van der Waals surface area contributed by atoms with Gasteiger partial charge in [0.05, 0.1) is 0 Å². The number of hydrogen-bond acceptors (Lipinski definition) is 2. The maximum absolute atomic E-state index is 13.2. The van der Waals surface area contributed by atoms with E-state index in [1.54, 1.807) is 0 Å². The van der Waals surface area contributed by atoms with Gasteiger partial charge in [0.1, 0.15) is 12.6 Å². The lowest BCUT2D eigenvalue weighted by molar-refractivity contribution is -0.695. The fourth-order valence-corrected chi connectivity index (χ4v) is 4.20. The molecule has 0 aromatic heterocycles. The van der Waals surface area contributed by atoms with E-state index in [1.807, 2.05) is 73.8 Å². The fraction of sp³-hybridized carbons (Fsp3) is 0.231. The molecule has 0 radical (unpaired) electrons. The molecule has 0 spiro atoms. The maximum Gasteiger partial charge on any atom is 0.279 e. The summed E-state index contributed by atoms with van der Waals surface area (Å²) in [5.41, 5.74) is 6.10. The molecule has 3 aromatic carbocycles. The fourth-order valence-electron chi connectivity index (χ4n) is 4.20. The van der Waals surface area contributed by atoms with Gasteiger partial charge in [-0.2, -0.15) is 0 Å². The molecule has 0 saturated carbocycles. The van der Waals surface area contributed by atoms with E-state index in [-0.39, 0.29) is 17.9 Å². The lowest BCUT2D eigenvalue weighted by Gasteiger charge is -2.25. The van der Waals surface area contributed by atoms with Gasteiger partial charge in [-0.05, 0) is 48.2 Å². The summed E-state index contributed by atoms with van der Waals surface area (Å²) in [5.74, 6) is -0.375. The van der Waals surface area contributed by atoms with E-state index in [2.05, 4.69) is 28.8 Å². The van der Waals surface area contributed by atoms with Crippen LogP contribution >= 0.6 is 0 Å². The van der Waals surface area contributed by atoms with Crippen molar-refractivity contribution >= 4 is 17.5 Å². The number of aryl methyl sites for hydroxylation is 2. The average Bonchev–Trinajstić information content (AvgIpc) is 2.76. The summed E-state index contributed by atoms with van der Waals surface area (Å²) >= 11 is 0. The molecule has 1 aliphatic heterocycles. The molecule has 5 nitrogen and oxygen atoms in total. The topological polar surface area (TPSA) is 74.8 Å². The van der Waals surface area contributed by atoms with Crippen LogP contribution in [-0.4, -0.2) is 17.9 Å². The number of nitrogens with one attached hydrogen (secondary N) is 2. The highest BCUT2D eigenvalue weighted by Crippen LogP contribution is 2.19. The smallest absolute Gasteiger partial charge is 0.279 e. The summed E-state index contributed by atoms with van der Waals surface area (Å²) in [6.45, 7) is 4.75. The largest absolute Gasteiger partial charge is 0.335 e. The number of benzene rings is 3. The Hall–Kier alpha value is -3.44. The number of nitrogens with two attached hydrogens (primary N) is 1. The highest BCUT2D eigenvalue weighted by molar-refractivity contribution is 5.98. The predicted molar refractivity (Wildman–Crippen MR) is 121 cm³/mol. The molecule has 2 atom stereocenters. The first kappa shape index (κ1) is 20.8. The quantitative estimate of drug-likeness (QED) is 0.601. The molecule has 31 heavy (non-hydrogen) atoms. The third-order valence-corrected chi connectivity index (χ3v) is 5.69. The van der Waals surface area contributed by atoms with Crippen LogP contribution in [0.3, 0.4) is 0 Å². The van der Waals surface area contributed by atoms with E-state index < -0.39 is 6.04 Å². The molecule has 3 aromatic rings. The van der Waals surface area contributed by atoms with Crippen molar-refractivity contribution in [2.75, 3.05) is 5.32 Å². The van der Waals surface area contributed by atoms with Crippen LogP contribution in [0.1, 0.15) is 33.9 Å². The summed E-state index contributed by atoms with van der Waals surface area (Å²) in [4.78, 5) is 26.4. The second-order valence-corrected chi connectivity index (χ2v) is 8.24. The average molecular weight is 415 g/mol. The zero-order valence-electron chi connectivity index (χ0n) is 17.9. The van der Waals surface area contributed by atoms with Crippen molar-refractivity contribution in [2.45, 2.75) is 38.9 Å². The van der Waals surface area contributed by atoms with Gasteiger partial charge in [0.2, 0.25) is 0 Å². The molecule has 0 unspecified atom stereocenters. The number of quaternary nitrogens is 1. The minimum absolute atomic E-state index is 0.126. The van der Waals surface area contributed by atoms with Gasteiger partial charge in [0.25, 0.3) is 11.8 Å². The normalized spacial score (nSPS) is 16.1. The minimum atomic E-state index is -0.764. The van der Waals surface area contributed by atoms with Gasteiger partial charge < -0.3 is 16.0 Å². The third kappa shape index (κ3) is 5.01. The molecule has 0 aliphatic carbocycles. The number of amides is 2. The Morgan fingerprint density at radius 3 is 2.26 bits per heavy atom. The number of carbonyl (C=O) groups excluding carboxylic acids is 2. The summed E-state index contributed by atoms with van der Waals surface area (Å²) in [7, 11) is 0. The van der Waals surface area contributed by atoms with E-state index in [0.29, 0.717) is 6.42 Å². The highest BCUT2D eigenvalue weighted by atomic mass is 16.2. The third-order valence-electron chi connectivity index (χ3n) is 5.69. The second kappa shape index (κ2) is 9.14. The molecule has 0 bridgehead atoms. The number of carbonyl (C=O) groups is 2. The van der Waals surface area contributed by atoms with E-state index >= 15 is 0 Å². The van der Waals surface area contributed by atoms with Crippen molar-refractivity contribution in [3.63, 3.8) is 0 Å². The van der Waals surface area contributed by atoms with Crippen LogP contribution in [-0.2, 0) is 22.6 Å². The van der Waals surface area contributed by atoms with Gasteiger partial charge >= 0.3 is 0 Å². The molecule has 1 heterocycles. The van der Waals surface area contributed by atoms with Gasteiger partial charge in [-0.1, -0.05) is 60.7 Å². The Balaban J connectivity index is 1.53. The van der Waals surface area contributed by atoms with Crippen molar-refractivity contribution in [3.05, 3.63) is 101 Å². The molecule has 1 aliphatic rings. The summed E-state index contributed by atoms with van der Waals surface area (Å²) in [6, 6.07) is 22.5. The molecule has 4 rings (SSSR count). The molecule has 5 heteroatoms. The standard InChI is InChI=1S/C26H27N3O2/c1-17-12-18(2)14-22(13-17)28-26(31)24(19-8-4-3-5-9-19)29-25(30)23-15-20-10-6-7-11-21(20)16-27-23/h3-14,23-24,27H,15-16H2,1-2H3,(H,28,31)(H,29,30)/p+1/t23-,24+/m0/s1. The van der Waals surface area contributed by atoms with Crippen molar-refractivity contribution in [3.8, 4) is 0 Å². The molecule has 0 saturated heterocycles. The summed E-state index contributed by atoms with van der Waals surface area (Å²) in [6.07, 6.45) is 0.655. The maximum atomic E-state index is 13.2. The van der Waals surface area contributed by atoms with Crippen LogP contribution in [0.25, 0.3) is 0 Å². The lowest BCUT2D eigenvalue weighted by Crippen LogP contribution is -2.93. The van der Waals surface area contributed by atoms with Crippen LogP contribution in [0.15, 0.2) is 72.8 Å². The molecular formula is C26H28N3O2+. The highest BCUT2D eigenvalue weighted by Gasteiger charge is 2.31. The molecule has 158 valence electrons. The van der Waals surface area contributed by atoms with Gasteiger partial charge in [0.15, 0.2) is 6.04 Å². The van der Waals surface area contributed by atoms with Crippen LogP contribution in [0.2, 0.25) is 0 Å². The first-order chi connectivity index (χ1) is 15.0. The number of rotatable bonds is 5. The van der Waals surface area contributed by atoms with Crippen molar-refractivity contribution in [1.29, 1.82) is 0 Å².